The van der Waals surface area contributed by atoms with Crippen molar-refractivity contribution in [3.63, 3.8) is 0 Å². The molecule has 4 N–H and O–H groups in total. The molecule has 0 spiro atoms. The smallest absolute Gasteiger partial charge is 0.261 e. The van der Waals surface area contributed by atoms with Crippen molar-refractivity contribution in [2.24, 2.45) is 0 Å². The highest BCUT2D eigenvalue weighted by Crippen LogP contribution is 2.35. The standard InChI is InChI=1S/C34H33Cl2N5O2.CH4O3S/c1-42-23-7-11-29-27(19-23)33(25-9-5-21(35)17-31(25)40-29)38-15-3-13-37-14-4-16-39-34-26-10-6-22(36)18-32(26)41-30-12-8-24(43-2)20-28(30)34;1-5(2,3)4/h5-12,17-20,37H,3-4,13-16H2,1-2H3,(H,38,40)(H,39,41);1H3,(H,2,3,4). The third kappa shape index (κ3) is 9.06. The largest absolute Gasteiger partial charge is 0.497 e. The van der Waals surface area contributed by atoms with Crippen molar-refractivity contribution in [2.45, 2.75) is 12.8 Å². The molecule has 6 aromatic rings. The summed E-state index contributed by atoms with van der Waals surface area (Å²) in [5.74, 6) is 1.60. The van der Waals surface area contributed by atoms with Gasteiger partial charge in [-0.15, -0.1) is 0 Å². The van der Waals surface area contributed by atoms with Crippen LogP contribution in [0, 0.1) is 0 Å². The Balaban J connectivity index is 0.000000840. The number of hydrogen-bond donors (Lipinski definition) is 4. The third-order valence-corrected chi connectivity index (χ3v) is 8.02. The van der Waals surface area contributed by atoms with Gasteiger partial charge in [-0.1, -0.05) is 23.2 Å². The molecule has 0 aliphatic carbocycles. The first-order valence-corrected chi connectivity index (χ1v) is 17.9. The molecule has 0 unspecified atom stereocenters. The fourth-order valence-corrected chi connectivity index (χ4v) is 5.74. The number of pyridine rings is 2. The van der Waals surface area contributed by atoms with Crippen LogP contribution in [-0.2, 0) is 10.1 Å². The zero-order valence-electron chi connectivity index (χ0n) is 26.8. The van der Waals surface area contributed by atoms with Crippen LogP contribution in [0.25, 0.3) is 43.6 Å². The van der Waals surface area contributed by atoms with Crippen LogP contribution in [0.4, 0.5) is 11.4 Å². The Hall–Kier alpha value is -4.13. The number of ether oxygens (including phenoxy) is 2. The minimum Gasteiger partial charge on any atom is -0.497 e. The van der Waals surface area contributed by atoms with E-state index in [1.807, 2.05) is 72.8 Å². The Labute approximate surface area is 289 Å². The van der Waals surface area contributed by atoms with Crippen LogP contribution in [-0.4, -0.2) is 69.6 Å². The average molecular weight is 711 g/mol. The second-order valence-corrected chi connectivity index (χ2v) is 13.4. The first-order chi connectivity index (χ1) is 23.0. The molecule has 0 radical (unpaired) electrons. The summed E-state index contributed by atoms with van der Waals surface area (Å²) >= 11 is 12.5. The van der Waals surface area contributed by atoms with E-state index >= 15 is 0 Å². The highest BCUT2D eigenvalue weighted by molar-refractivity contribution is 7.85. The first kappa shape index (κ1) is 35.2. The van der Waals surface area contributed by atoms with E-state index in [2.05, 4.69) is 16.0 Å². The Morgan fingerprint density at radius 3 is 1.44 bits per heavy atom. The second kappa shape index (κ2) is 15.8. The zero-order chi connectivity index (χ0) is 34.3. The summed E-state index contributed by atoms with van der Waals surface area (Å²) < 4.78 is 36.8. The van der Waals surface area contributed by atoms with Gasteiger partial charge in [0, 0.05) is 44.7 Å². The lowest BCUT2D eigenvalue weighted by molar-refractivity contribution is 0.415. The molecule has 0 saturated heterocycles. The van der Waals surface area contributed by atoms with Crippen molar-refractivity contribution in [2.75, 3.05) is 57.3 Å². The zero-order valence-corrected chi connectivity index (χ0v) is 29.1. The molecule has 6 rings (SSSR count). The van der Waals surface area contributed by atoms with E-state index in [1.165, 1.54) is 0 Å². The highest BCUT2D eigenvalue weighted by Gasteiger charge is 2.12. The van der Waals surface area contributed by atoms with Gasteiger partial charge in [-0.2, -0.15) is 8.42 Å². The summed E-state index contributed by atoms with van der Waals surface area (Å²) in [5, 5.41) is 16.4. The van der Waals surface area contributed by atoms with Crippen LogP contribution >= 0.6 is 23.2 Å². The van der Waals surface area contributed by atoms with Gasteiger partial charge in [0.2, 0.25) is 0 Å². The van der Waals surface area contributed by atoms with Crippen molar-refractivity contribution in [3.05, 3.63) is 82.8 Å². The fraction of sp³-hybridized carbons (Fsp3) is 0.257. The van der Waals surface area contributed by atoms with Crippen molar-refractivity contribution in [1.82, 2.24) is 15.3 Å². The van der Waals surface area contributed by atoms with Gasteiger partial charge in [-0.25, -0.2) is 9.97 Å². The molecule has 0 amide bonds. The monoisotopic (exact) mass is 709 g/mol. The molecule has 0 atom stereocenters. The lowest BCUT2D eigenvalue weighted by Gasteiger charge is -2.15. The fourth-order valence-electron chi connectivity index (χ4n) is 5.41. The lowest BCUT2D eigenvalue weighted by atomic mass is 10.1. The number of aromatic nitrogens is 2. The molecule has 252 valence electrons. The number of hydrogen-bond acceptors (Lipinski definition) is 9. The molecule has 2 aromatic heterocycles. The third-order valence-electron chi connectivity index (χ3n) is 7.55. The van der Waals surface area contributed by atoms with Gasteiger partial charge < -0.3 is 25.4 Å². The van der Waals surface area contributed by atoms with E-state index in [0.717, 1.165) is 106 Å². The SMILES string of the molecule is COc1ccc2nc3cc(Cl)ccc3c(NCCCNCCCNc3c4ccc(Cl)cc4nc4ccc(OC)cc34)c2c1.CS(=O)(=O)O. The molecule has 0 saturated carbocycles. The molecule has 48 heavy (non-hydrogen) atoms. The molecule has 2 heterocycles. The van der Waals surface area contributed by atoms with Gasteiger partial charge in [0.25, 0.3) is 10.1 Å². The maximum Gasteiger partial charge on any atom is 0.261 e. The number of nitrogens with one attached hydrogen (secondary N) is 3. The van der Waals surface area contributed by atoms with Crippen LogP contribution in [0.2, 0.25) is 10.0 Å². The van der Waals surface area contributed by atoms with Crippen molar-refractivity contribution >= 4 is 88.3 Å². The molecule has 0 fully saturated rings. The number of methoxy groups -OCH3 is 2. The van der Waals surface area contributed by atoms with Gasteiger partial charge in [0.1, 0.15) is 11.5 Å². The van der Waals surface area contributed by atoms with Gasteiger partial charge >= 0.3 is 0 Å². The number of halogens is 2. The highest BCUT2D eigenvalue weighted by atomic mass is 35.5. The maximum absolute atomic E-state index is 9.19. The minimum atomic E-state index is -3.67. The Kier molecular flexibility index (Phi) is 11.6. The van der Waals surface area contributed by atoms with Crippen LogP contribution in [0.1, 0.15) is 12.8 Å². The van der Waals surface area contributed by atoms with E-state index in [1.54, 1.807) is 14.2 Å². The molecule has 0 aliphatic rings. The number of nitrogens with zero attached hydrogens (tertiary/aromatic N) is 2. The first-order valence-electron chi connectivity index (χ1n) is 15.3. The summed E-state index contributed by atoms with van der Waals surface area (Å²) in [5.41, 5.74) is 5.65. The summed E-state index contributed by atoms with van der Waals surface area (Å²) in [4.78, 5) is 9.63. The van der Waals surface area contributed by atoms with Crippen LogP contribution in [0.5, 0.6) is 11.5 Å². The second-order valence-electron chi connectivity index (χ2n) is 11.1. The number of fused-ring (bicyclic) bond motifs is 4. The molecular weight excluding hydrogens is 673 g/mol. The molecular formula is C35H37Cl2N5O5S. The van der Waals surface area contributed by atoms with Crippen LogP contribution in [0.15, 0.2) is 72.8 Å². The van der Waals surface area contributed by atoms with E-state index in [0.29, 0.717) is 16.3 Å². The molecule has 13 heteroatoms. The number of anilines is 2. The quantitative estimate of drug-likeness (QED) is 0.0566. The number of benzene rings is 4. The maximum atomic E-state index is 9.19. The van der Waals surface area contributed by atoms with E-state index in [4.69, 9.17) is 47.2 Å². The predicted octanol–water partition coefficient (Wildman–Crippen LogP) is 7.81. The molecule has 0 bridgehead atoms. The van der Waals surface area contributed by atoms with Gasteiger partial charge in [0.15, 0.2) is 0 Å². The van der Waals surface area contributed by atoms with Gasteiger partial charge in [-0.3, -0.25) is 4.55 Å². The molecule has 10 nitrogen and oxygen atoms in total. The van der Waals surface area contributed by atoms with Crippen molar-refractivity contribution in [1.29, 1.82) is 0 Å². The Bertz CT molecular complexity index is 2040. The van der Waals surface area contributed by atoms with Crippen LogP contribution < -0.4 is 25.4 Å². The number of rotatable bonds is 12. The minimum absolute atomic E-state index is 0.673. The van der Waals surface area contributed by atoms with Crippen molar-refractivity contribution < 1.29 is 22.4 Å². The van der Waals surface area contributed by atoms with Gasteiger partial charge in [-0.05, 0) is 98.7 Å². The topological polar surface area (TPSA) is 135 Å². The lowest BCUT2D eigenvalue weighted by Crippen LogP contribution is -2.21. The van der Waals surface area contributed by atoms with Gasteiger partial charge in [0.05, 0.1) is 53.9 Å². The summed E-state index contributed by atoms with van der Waals surface area (Å²) in [7, 11) is -0.309. The van der Waals surface area contributed by atoms with Crippen LogP contribution in [0.3, 0.4) is 0 Å². The van der Waals surface area contributed by atoms with Crippen molar-refractivity contribution in [3.8, 4) is 11.5 Å². The molecule has 0 aliphatic heterocycles. The van der Waals surface area contributed by atoms with E-state index in [9.17, 15) is 8.42 Å². The predicted molar refractivity (Wildman–Crippen MR) is 198 cm³/mol. The molecule has 4 aromatic carbocycles. The average Bonchev–Trinajstić information content (AvgIpc) is 3.05. The summed E-state index contributed by atoms with van der Waals surface area (Å²) in [6.07, 6.45) is 2.65. The summed E-state index contributed by atoms with van der Waals surface area (Å²) in [6, 6.07) is 23.6. The Morgan fingerprint density at radius 2 is 1.04 bits per heavy atom. The normalized spacial score (nSPS) is 11.5. The van der Waals surface area contributed by atoms with E-state index < -0.39 is 10.1 Å². The van der Waals surface area contributed by atoms with E-state index in [-0.39, 0.29) is 0 Å². The Morgan fingerprint density at radius 1 is 0.625 bits per heavy atom. The summed E-state index contributed by atoms with van der Waals surface area (Å²) in [6.45, 7) is 3.44.